The van der Waals surface area contributed by atoms with Gasteiger partial charge >= 0.3 is 0 Å². The molecule has 0 saturated carbocycles. The Morgan fingerprint density at radius 3 is 3.15 bits per heavy atom. The van der Waals surface area contributed by atoms with Gasteiger partial charge in [0.25, 0.3) is 5.91 Å². The zero-order valence-corrected chi connectivity index (χ0v) is 12.4. The number of rotatable bonds is 4. The Hall–Kier alpha value is -1.33. The average molecular weight is 298 g/mol. The fraction of sp³-hybridized carbons (Fsp3) is 0.571. The highest BCUT2D eigenvalue weighted by Gasteiger charge is 2.20. The van der Waals surface area contributed by atoms with Crippen LogP contribution in [0.15, 0.2) is 12.3 Å². The normalized spacial score (nSPS) is 15.8. The van der Waals surface area contributed by atoms with Gasteiger partial charge in [-0.2, -0.15) is 0 Å². The molecular formula is C14H20ClN3O2. The van der Waals surface area contributed by atoms with Gasteiger partial charge < -0.3 is 15.0 Å². The monoisotopic (exact) mass is 297 g/mol. The lowest BCUT2D eigenvalue weighted by Gasteiger charge is -2.20. The molecule has 1 saturated heterocycles. The van der Waals surface area contributed by atoms with Crippen molar-refractivity contribution >= 4 is 23.3 Å². The van der Waals surface area contributed by atoms with Gasteiger partial charge in [-0.1, -0.05) is 18.5 Å². The number of anilines is 1. The smallest absolute Gasteiger partial charge is 0.255 e. The molecule has 1 aromatic rings. The summed E-state index contributed by atoms with van der Waals surface area (Å²) in [7, 11) is 0. The quantitative estimate of drug-likeness (QED) is 0.927. The number of carbonyl (C=O) groups is 1. The first kappa shape index (κ1) is 15.1. The molecule has 0 aromatic carbocycles. The molecule has 20 heavy (non-hydrogen) atoms. The summed E-state index contributed by atoms with van der Waals surface area (Å²) in [5.74, 6) is 0.633. The lowest BCUT2D eigenvalue weighted by atomic mass is 10.2. The van der Waals surface area contributed by atoms with Crippen LogP contribution >= 0.6 is 11.6 Å². The fourth-order valence-electron chi connectivity index (χ4n) is 2.07. The van der Waals surface area contributed by atoms with Gasteiger partial charge in [-0.15, -0.1) is 0 Å². The molecule has 5 nitrogen and oxygen atoms in total. The molecule has 0 aliphatic carbocycles. The number of nitrogens with zero attached hydrogens (tertiary/aromatic N) is 2. The molecule has 110 valence electrons. The molecule has 0 radical (unpaired) electrons. The third-order valence-corrected chi connectivity index (χ3v) is 3.45. The molecule has 1 aromatic heterocycles. The maximum atomic E-state index is 12.5. The van der Waals surface area contributed by atoms with Gasteiger partial charge in [0.15, 0.2) is 0 Å². The van der Waals surface area contributed by atoms with Crippen molar-refractivity contribution in [2.45, 2.75) is 19.8 Å². The molecule has 2 heterocycles. The van der Waals surface area contributed by atoms with Crippen LogP contribution in [0.25, 0.3) is 0 Å². The first-order valence-corrected chi connectivity index (χ1v) is 7.36. The van der Waals surface area contributed by atoms with E-state index < -0.39 is 0 Å². The van der Waals surface area contributed by atoms with Gasteiger partial charge in [0, 0.05) is 32.4 Å². The number of hydrogen-bond acceptors (Lipinski definition) is 4. The maximum Gasteiger partial charge on any atom is 0.255 e. The Morgan fingerprint density at radius 2 is 2.35 bits per heavy atom. The molecule has 0 bridgehead atoms. The molecule has 0 unspecified atom stereocenters. The SMILES string of the molecule is CCCNc1cc(C(=O)N2CCCOCC2)c(Cl)cn1. The number of amides is 1. The molecular weight excluding hydrogens is 278 g/mol. The summed E-state index contributed by atoms with van der Waals surface area (Å²) in [5.41, 5.74) is 0.502. The van der Waals surface area contributed by atoms with Gasteiger partial charge in [-0.05, 0) is 18.9 Å². The predicted molar refractivity (Wildman–Crippen MR) is 79.4 cm³/mol. The third kappa shape index (κ3) is 3.84. The van der Waals surface area contributed by atoms with Crippen LogP contribution < -0.4 is 5.32 Å². The lowest BCUT2D eigenvalue weighted by molar-refractivity contribution is 0.0741. The van der Waals surface area contributed by atoms with Crippen molar-refractivity contribution < 1.29 is 9.53 Å². The first-order chi connectivity index (χ1) is 9.72. The van der Waals surface area contributed by atoms with Crippen molar-refractivity contribution in [2.24, 2.45) is 0 Å². The zero-order valence-electron chi connectivity index (χ0n) is 11.7. The first-order valence-electron chi connectivity index (χ1n) is 6.99. The van der Waals surface area contributed by atoms with Crippen LogP contribution in [0.1, 0.15) is 30.1 Å². The number of aromatic nitrogens is 1. The molecule has 1 fully saturated rings. The molecule has 6 heteroatoms. The van der Waals surface area contributed by atoms with Crippen LogP contribution in [0.3, 0.4) is 0 Å². The Kier molecular flexibility index (Phi) is 5.61. The highest BCUT2D eigenvalue weighted by atomic mass is 35.5. The van der Waals surface area contributed by atoms with E-state index in [1.165, 1.54) is 6.20 Å². The van der Waals surface area contributed by atoms with Crippen molar-refractivity contribution in [1.29, 1.82) is 0 Å². The fourth-order valence-corrected chi connectivity index (χ4v) is 2.26. The van der Waals surface area contributed by atoms with Crippen LogP contribution in [0.4, 0.5) is 5.82 Å². The summed E-state index contributed by atoms with van der Waals surface area (Å²) in [4.78, 5) is 18.5. The van der Waals surface area contributed by atoms with E-state index >= 15 is 0 Å². The molecule has 0 atom stereocenters. The van der Waals surface area contributed by atoms with Crippen LogP contribution in [0, 0.1) is 0 Å². The predicted octanol–water partition coefficient (Wildman–Crippen LogP) is 2.42. The van der Waals surface area contributed by atoms with Gasteiger partial charge in [0.1, 0.15) is 5.82 Å². The van der Waals surface area contributed by atoms with E-state index in [4.69, 9.17) is 16.3 Å². The van der Waals surface area contributed by atoms with E-state index in [1.54, 1.807) is 11.0 Å². The maximum absolute atomic E-state index is 12.5. The average Bonchev–Trinajstić information content (AvgIpc) is 2.75. The summed E-state index contributed by atoms with van der Waals surface area (Å²) >= 11 is 6.12. The largest absolute Gasteiger partial charge is 0.380 e. The second kappa shape index (κ2) is 7.45. The standard InChI is InChI=1S/C14H20ClN3O2/c1-2-4-16-13-9-11(12(15)10-17-13)14(19)18-5-3-7-20-8-6-18/h9-10H,2-8H2,1H3,(H,16,17). The van der Waals surface area contributed by atoms with E-state index in [1.807, 2.05) is 0 Å². The Labute approximate surface area is 124 Å². The van der Waals surface area contributed by atoms with Crippen LogP contribution in [0.2, 0.25) is 5.02 Å². The van der Waals surface area contributed by atoms with Crippen molar-refractivity contribution in [3.63, 3.8) is 0 Å². The van der Waals surface area contributed by atoms with Crippen LogP contribution in [0.5, 0.6) is 0 Å². The number of pyridine rings is 1. The van der Waals surface area contributed by atoms with Crippen molar-refractivity contribution in [3.05, 3.63) is 22.8 Å². The van der Waals surface area contributed by atoms with Gasteiger partial charge in [0.05, 0.1) is 17.2 Å². The molecule has 1 aliphatic heterocycles. The Morgan fingerprint density at radius 1 is 1.50 bits per heavy atom. The lowest BCUT2D eigenvalue weighted by Crippen LogP contribution is -2.33. The van der Waals surface area contributed by atoms with Crippen molar-refractivity contribution in [3.8, 4) is 0 Å². The minimum atomic E-state index is -0.0533. The molecule has 2 rings (SSSR count). The van der Waals surface area contributed by atoms with Gasteiger partial charge in [-0.3, -0.25) is 4.79 Å². The summed E-state index contributed by atoms with van der Waals surface area (Å²) in [6.45, 7) is 5.49. The second-order valence-corrected chi connectivity index (χ2v) is 5.14. The number of halogens is 1. The second-order valence-electron chi connectivity index (χ2n) is 4.73. The molecule has 0 spiro atoms. The van der Waals surface area contributed by atoms with E-state index in [9.17, 15) is 4.79 Å². The van der Waals surface area contributed by atoms with E-state index in [2.05, 4.69) is 17.2 Å². The zero-order chi connectivity index (χ0) is 14.4. The molecule has 1 amide bonds. The van der Waals surface area contributed by atoms with E-state index in [-0.39, 0.29) is 5.91 Å². The van der Waals surface area contributed by atoms with Crippen LogP contribution in [-0.2, 0) is 4.74 Å². The number of ether oxygens (including phenoxy) is 1. The minimum Gasteiger partial charge on any atom is -0.380 e. The third-order valence-electron chi connectivity index (χ3n) is 3.15. The Bertz CT molecular complexity index is 460. The number of hydrogen-bond donors (Lipinski definition) is 1. The summed E-state index contributed by atoms with van der Waals surface area (Å²) in [6.07, 6.45) is 3.38. The highest BCUT2D eigenvalue weighted by Crippen LogP contribution is 2.20. The topological polar surface area (TPSA) is 54.5 Å². The summed E-state index contributed by atoms with van der Waals surface area (Å²) < 4.78 is 5.37. The van der Waals surface area contributed by atoms with E-state index in [0.717, 1.165) is 19.4 Å². The highest BCUT2D eigenvalue weighted by molar-refractivity contribution is 6.33. The minimum absolute atomic E-state index is 0.0533. The van der Waals surface area contributed by atoms with Crippen LogP contribution in [-0.4, -0.2) is 48.6 Å². The number of carbonyl (C=O) groups excluding carboxylic acids is 1. The number of nitrogens with one attached hydrogen (secondary N) is 1. The van der Waals surface area contributed by atoms with Gasteiger partial charge in [-0.25, -0.2) is 4.98 Å². The molecule has 1 aliphatic rings. The summed E-state index contributed by atoms with van der Waals surface area (Å²) in [5, 5.41) is 3.56. The van der Waals surface area contributed by atoms with E-state index in [0.29, 0.717) is 42.7 Å². The van der Waals surface area contributed by atoms with Crippen molar-refractivity contribution in [2.75, 3.05) is 38.2 Å². The molecule has 1 N–H and O–H groups in total. The van der Waals surface area contributed by atoms with Crippen molar-refractivity contribution in [1.82, 2.24) is 9.88 Å². The summed E-state index contributed by atoms with van der Waals surface area (Å²) in [6, 6.07) is 1.73. The van der Waals surface area contributed by atoms with Gasteiger partial charge in [0.2, 0.25) is 0 Å². The Balaban J connectivity index is 2.14.